The standard InChI is InChI=1S/C13H19NO/c1-3-5-7-8-9-10-11-13(15)14-12-6-4-2/h1H,4,6,8-12H2,2H3,(H,14,15). The van der Waals surface area contributed by atoms with Crippen LogP contribution in [0.3, 0.4) is 0 Å². The monoisotopic (exact) mass is 205 g/mol. The molecule has 0 aromatic rings. The second-order valence-electron chi connectivity index (χ2n) is 3.36. The molecule has 0 aliphatic carbocycles. The minimum absolute atomic E-state index is 0.147. The van der Waals surface area contributed by atoms with Crippen LogP contribution in [0.2, 0.25) is 0 Å². The SMILES string of the molecule is C#CC#CCCCCC(=O)NCCCC. The van der Waals surface area contributed by atoms with E-state index >= 15 is 0 Å². The van der Waals surface area contributed by atoms with E-state index in [2.05, 4.69) is 30.0 Å². The number of nitrogens with one attached hydrogen (secondary N) is 1. The van der Waals surface area contributed by atoms with Crippen molar-refractivity contribution in [3.8, 4) is 24.2 Å². The van der Waals surface area contributed by atoms with Gasteiger partial charge in [-0.25, -0.2) is 0 Å². The lowest BCUT2D eigenvalue weighted by Crippen LogP contribution is -2.23. The van der Waals surface area contributed by atoms with Crippen LogP contribution >= 0.6 is 0 Å². The minimum Gasteiger partial charge on any atom is -0.356 e. The van der Waals surface area contributed by atoms with Gasteiger partial charge in [0.1, 0.15) is 0 Å². The third-order valence-corrected chi connectivity index (χ3v) is 1.97. The van der Waals surface area contributed by atoms with Gasteiger partial charge < -0.3 is 5.32 Å². The van der Waals surface area contributed by atoms with Crippen molar-refractivity contribution in [2.45, 2.75) is 45.4 Å². The fourth-order valence-corrected chi connectivity index (χ4v) is 1.11. The summed E-state index contributed by atoms with van der Waals surface area (Å²) < 4.78 is 0. The Hall–Kier alpha value is -1.41. The summed E-state index contributed by atoms with van der Waals surface area (Å²) in [6.07, 6.45) is 10.3. The number of carbonyl (C=O) groups excluding carboxylic acids is 1. The predicted octanol–water partition coefficient (Wildman–Crippen LogP) is 2.10. The van der Waals surface area contributed by atoms with Gasteiger partial charge in [-0.3, -0.25) is 4.79 Å². The Labute approximate surface area is 92.8 Å². The second-order valence-corrected chi connectivity index (χ2v) is 3.36. The van der Waals surface area contributed by atoms with E-state index in [0.29, 0.717) is 6.42 Å². The van der Waals surface area contributed by atoms with Gasteiger partial charge in [0.2, 0.25) is 5.91 Å². The molecule has 15 heavy (non-hydrogen) atoms. The Morgan fingerprint density at radius 2 is 2.13 bits per heavy atom. The highest BCUT2D eigenvalue weighted by atomic mass is 16.1. The van der Waals surface area contributed by atoms with E-state index in [9.17, 15) is 4.79 Å². The Bertz CT molecular complexity index is 264. The summed E-state index contributed by atoms with van der Waals surface area (Å²) in [5, 5.41) is 2.88. The fraction of sp³-hybridized carbons (Fsp3) is 0.615. The maximum absolute atomic E-state index is 11.2. The Balaban J connectivity index is 3.28. The highest BCUT2D eigenvalue weighted by molar-refractivity contribution is 5.75. The highest BCUT2D eigenvalue weighted by Crippen LogP contribution is 1.98. The number of hydrogen-bond donors (Lipinski definition) is 1. The van der Waals surface area contributed by atoms with Crippen molar-refractivity contribution in [1.29, 1.82) is 0 Å². The van der Waals surface area contributed by atoms with Crippen LogP contribution in [0.4, 0.5) is 0 Å². The molecule has 82 valence electrons. The summed E-state index contributed by atoms with van der Waals surface area (Å²) in [5.74, 6) is 7.81. The van der Waals surface area contributed by atoms with E-state index in [1.165, 1.54) is 0 Å². The van der Waals surface area contributed by atoms with E-state index in [1.807, 2.05) is 0 Å². The Morgan fingerprint density at radius 3 is 2.80 bits per heavy atom. The van der Waals surface area contributed by atoms with Crippen LogP contribution in [-0.2, 0) is 4.79 Å². The molecular weight excluding hydrogens is 186 g/mol. The third-order valence-electron chi connectivity index (χ3n) is 1.97. The second kappa shape index (κ2) is 10.7. The van der Waals surface area contributed by atoms with Crippen LogP contribution in [0.1, 0.15) is 45.4 Å². The third kappa shape index (κ3) is 10.5. The molecule has 0 saturated carbocycles. The molecule has 0 spiro atoms. The fourth-order valence-electron chi connectivity index (χ4n) is 1.11. The molecule has 0 rings (SSSR count). The van der Waals surface area contributed by atoms with E-state index in [4.69, 9.17) is 6.42 Å². The zero-order valence-corrected chi connectivity index (χ0v) is 9.44. The van der Waals surface area contributed by atoms with Crippen LogP contribution in [0.25, 0.3) is 0 Å². The molecule has 0 aliphatic heterocycles. The van der Waals surface area contributed by atoms with Crippen molar-refractivity contribution in [1.82, 2.24) is 5.32 Å². The summed E-state index contributed by atoms with van der Waals surface area (Å²) in [7, 11) is 0. The minimum atomic E-state index is 0.147. The molecule has 0 fully saturated rings. The van der Waals surface area contributed by atoms with Crippen molar-refractivity contribution in [3.63, 3.8) is 0 Å². The first kappa shape index (κ1) is 13.6. The molecule has 0 atom stereocenters. The average Bonchev–Trinajstić information content (AvgIpc) is 2.23. The molecular formula is C13H19NO. The lowest BCUT2D eigenvalue weighted by molar-refractivity contribution is -0.121. The number of carbonyl (C=O) groups is 1. The first-order chi connectivity index (χ1) is 7.31. The number of terminal acetylenes is 1. The molecule has 2 heteroatoms. The lowest BCUT2D eigenvalue weighted by atomic mass is 10.2. The molecule has 0 radical (unpaired) electrons. The first-order valence-corrected chi connectivity index (χ1v) is 5.51. The summed E-state index contributed by atoms with van der Waals surface area (Å²) in [6.45, 7) is 2.91. The van der Waals surface area contributed by atoms with Gasteiger partial charge in [-0.1, -0.05) is 19.3 Å². The van der Waals surface area contributed by atoms with E-state index in [-0.39, 0.29) is 5.91 Å². The molecule has 0 heterocycles. The molecule has 0 aliphatic rings. The van der Waals surface area contributed by atoms with Crippen LogP contribution < -0.4 is 5.32 Å². The van der Waals surface area contributed by atoms with Gasteiger partial charge in [0, 0.05) is 19.4 Å². The maximum Gasteiger partial charge on any atom is 0.219 e. The summed E-state index contributed by atoms with van der Waals surface area (Å²) in [5.41, 5.74) is 0. The van der Waals surface area contributed by atoms with Gasteiger partial charge in [0.25, 0.3) is 0 Å². The predicted molar refractivity (Wildman–Crippen MR) is 63.0 cm³/mol. The number of hydrogen-bond acceptors (Lipinski definition) is 1. The van der Waals surface area contributed by atoms with Crippen LogP contribution in [0.5, 0.6) is 0 Å². The molecule has 1 N–H and O–H groups in total. The molecule has 0 aromatic heterocycles. The van der Waals surface area contributed by atoms with Crippen molar-refractivity contribution < 1.29 is 4.79 Å². The van der Waals surface area contributed by atoms with Crippen molar-refractivity contribution in [2.24, 2.45) is 0 Å². The summed E-state index contributed by atoms with van der Waals surface area (Å²) in [6, 6.07) is 0. The van der Waals surface area contributed by atoms with E-state index in [0.717, 1.165) is 38.6 Å². The Morgan fingerprint density at radius 1 is 1.33 bits per heavy atom. The van der Waals surface area contributed by atoms with Crippen molar-refractivity contribution >= 4 is 5.91 Å². The number of amides is 1. The molecule has 0 unspecified atom stereocenters. The van der Waals surface area contributed by atoms with Gasteiger partial charge in [-0.15, -0.1) is 6.42 Å². The largest absolute Gasteiger partial charge is 0.356 e. The van der Waals surface area contributed by atoms with Crippen LogP contribution in [0, 0.1) is 24.2 Å². The first-order valence-electron chi connectivity index (χ1n) is 5.51. The summed E-state index contributed by atoms with van der Waals surface area (Å²) in [4.78, 5) is 11.2. The topological polar surface area (TPSA) is 29.1 Å². The van der Waals surface area contributed by atoms with Crippen molar-refractivity contribution in [2.75, 3.05) is 6.54 Å². The van der Waals surface area contributed by atoms with Gasteiger partial charge in [0.05, 0.1) is 0 Å². The maximum atomic E-state index is 11.2. The van der Waals surface area contributed by atoms with E-state index < -0.39 is 0 Å². The molecule has 1 amide bonds. The van der Waals surface area contributed by atoms with Gasteiger partial charge >= 0.3 is 0 Å². The van der Waals surface area contributed by atoms with E-state index in [1.54, 1.807) is 0 Å². The smallest absolute Gasteiger partial charge is 0.219 e. The van der Waals surface area contributed by atoms with Crippen LogP contribution in [0.15, 0.2) is 0 Å². The zero-order valence-electron chi connectivity index (χ0n) is 9.44. The van der Waals surface area contributed by atoms with Crippen molar-refractivity contribution in [3.05, 3.63) is 0 Å². The normalized spacial score (nSPS) is 8.53. The lowest BCUT2D eigenvalue weighted by Gasteiger charge is -2.02. The number of unbranched alkanes of at least 4 members (excludes halogenated alkanes) is 3. The van der Waals surface area contributed by atoms with Crippen LogP contribution in [-0.4, -0.2) is 12.5 Å². The molecule has 0 aromatic carbocycles. The zero-order chi connectivity index (χ0) is 11.4. The van der Waals surface area contributed by atoms with Gasteiger partial charge in [-0.05, 0) is 31.1 Å². The Kier molecular flexibility index (Phi) is 9.67. The highest BCUT2D eigenvalue weighted by Gasteiger charge is 1.98. The molecule has 0 saturated heterocycles. The average molecular weight is 205 g/mol. The summed E-state index contributed by atoms with van der Waals surface area (Å²) >= 11 is 0. The van der Waals surface area contributed by atoms with Gasteiger partial charge in [-0.2, -0.15) is 0 Å². The molecule has 0 bridgehead atoms. The molecule has 2 nitrogen and oxygen atoms in total. The number of rotatable bonds is 7. The van der Waals surface area contributed by atoms with Gasteiger partial charge in [0.15, 0.2) is 0 Å². The quantitative estimate of drug-likeness (QED) is 0.500.